The minimum atomic E-state index is -4.55. The normalized spacial score (nSPS) is 11.2. The molecule has 0 aliphatic heterocycles. The molecule has 0 unspecified atom stereocenters. The molecule has 0 atom stereocenters. The quantitative estimate of drug-likeness (QED) is 0.816. The lowest BCUT2D eigenvalue weighted by Gasteiger charge is -2.08. The molecule has 0 aliphatic carbocycles. The first-order valence-electron chi connectivity index (χ1n) is 5.38. The average Bonchev–Trinajstić information content (AvgIpc) is 2.60. The molecule has 0 saturated heterocycles. The van der Waals surface area contributed by atoms with Crippen molar-refractivity contribution < 1.29 is 27.2 Å². The van der Waals surface area contributed by atoms with E-state index < -0.39 is 24.5 Å². The molecule has 8 heteroatoms. The molecule has 0 aromatic carbocycles. The van der Waals surface area contributed by atoms with Crippen molar-refractivity contribution in [1.29, 1.82) is 0 Å². The van der Waals surface area contributed by atoms with Crippen LogP contribution in [0.2, 0.25) is 0 Å². The van der Waals surface area contributed by atoms with E-state index in [4.69, 9.17) is 4.42 Å². The molecular weight excluding hydrogens is 265 g/mol. The van der Waals surface area contributed by atoms with Gasteiger partial charge in [0.25, 0.3) is 0 Å². The smallest absolute Gasteiger partial charge is 0.405 e. The molecule has 1 aromatic heterocycles. The molecule has 2 amide bonds. The van der Waals surface area contributed by atoms with Crippen LogP contribution in [-0.4, -0.2) is 24.5 Å². The van der Waals surface area contributed by atoms with E-state index in [1.807, 2.05) is 0 Å². The van der Waals surface area contributed by atoms with Crippen LogP contribution in [0.25, 0.3) is 0 Å². The molecule has 0 aliphatic rings. The van der Waals surface area contributed by atoms with Crippen molar-refractivity contribution in [2.75, 3.05) is 6.54 Å². The Hall–Kier alpha value is -1.99. The van der Waals surface area contributed by atoms with Gasteiger partial charge in [0.05, 0.1) is 0 Å². The van der Waals surface area contributed by atoms with Gasteiger partial charge in [-0.2, -0.15) is 13.2 Å². The first-order valence-corrected chi connectivity index (χ1v) is 5.38. The maximum absolute atomic E-state index is 11.8. The Morgan fingerprint density at radius 2 is 1.79 bits per heavy atom. The Morgan fingerprint density at radius 1 is 1.21 bits per heavy atom. The van der Waals surface area contributed by atoms with Gasteiger partial charge in [0, 0.05) is 12.1 Å². The van der Waals surface area contributed by atoms with Crippen LogP contribution in [0.4, 0.5) is 13.2 Å². The van der Waals surface area contributed by atoms with E-state index in [2.05, 4.69) is 5.32 Å². The fourth-order valence-corrected chi connectivity index (χ4v) is 1.38. The van der Waals surface area contributed by atoms with E-state index in [1.165, 1.54) is 5.32 Å². The number of amides is 2. The number of furan rings is 1. The number of rotatable bonds is 3. The number of alkyl halides is 3. The summed E-state index contributed by atoms with van der Waals surface area (Å²) >= 11 is 0. The summed E-state index contributed by atoms with van der Waals surface area (Å²) in [7, 11) is 0. The summed E-state index contributed by atoms with van der Waals surface area (Å²) < 4.78 is 40.7. The van der Waals surface area contributed by atoms with Crippen LogP contribution in [0.3, 0.4) is 0 Å². The van der Waals surface area contributed by atoms with Gasteiger partial charge in [0.1, 0.15) is 18.1 Å². The van der Waals surface area contributed by atoms with Crippen LogP contribution < -0.4 is 10.6 Å². The van der Waals surface area contributed by atoms with Gasteiger partial charge in [0.2, 0.25) is 0 Å². The summed E-state index contributed by atoms with van der Waals surface area (Å²) in [4.78, 5) is 22.3. The van der Waals surface area contributed by atoms with Crippen molar-refractivity contribution in [3.05, 3.63) is 23.2 Å². The van der Waals surface area contributed by atoms with Crippen molar-refractivity contribution in [3.8, 4) is 0 Å². The maximum Gasteiger partial charge on any atom is 0.405 e. The van der Waals surface area contributed by atoms with Crippen molar-refractivity contribution in [2.45, 2.75) is 26.6 Å². The van der Waals surface area contributed by atoms with Crippen LogP contribution in [0.5, 0.6) is 0 Å². The van der Waals surface area contributed by atoms with E-state index in [0.29, 0.717) is 17.1 Å². The number of carbonyl (C=O) groups is 2. The second-order valence-corrected chi connectivity index (χ2v) is 3.92. The standard InChI is InChI=1S/C11H13F3N2O3/c1-6-3-8(7(2)19-6)4-15-9(17)10(18)16-5-11(12,13)14/h3H,4-5H2,1-2H3,(H,15,17)(H,16,18). The van der Waals surface area contributed by atoms with Crippen molar-refractivity contribution in [2.24, 2.45) is 0 Å². The third-order valence-electron chi connectivity index (χ3n) is 2.24. The number of aryl methyl sites for hydroxylation is 2. The monoisotopic (exact) mass is 278 g/mol. The molecule has 1 rings (SSSR count). The van der Waals surface area contributed by atoms with Gasteiger partial charge in [0.15, 0.2) is 0 Å². The summed E-state index contributed by atoms with van der Waals surface area (Å²) in [5, 5.41) is 3.69. The fourth-order valence-electron chi connectivity index (χ4n) is 1.38. The molecule has 19 heavy (non-hydrogen) atoms. The molecule has 1 heterocycles. The highest BCUT2D eigenvalue weighted by Crippen LogP contribution is 2.13. The van der Waals surface area contributed by atoms with Crippen LogP contribution in [0.15, 0.2) is 10.5 Å². The predicted octanol–water partition coefficient (Wildman–Crippen LogP) is 1.19. The number of carbonyl (C=O) groups excluding carboxylic acids is 2. The lowest BCUT2D eigenvalue weighted by Crippen LogP contribution is -2.43. The second-order valence-electron chi connectivity index (χ2n) is 3.92. The zero-order chi connectivity index (χ0) is 14.6. The largest absolute Gasteiger partial charge is 0.466 e. The first kappa shape index (κ1) is 15.1. The van der Waals surface area contributed by atoms with E-state index in [9.17, 15) is 22.8 Å². The molecule has 106 valence electrons. The van der Waals surface area contributed by atoms with Gasteiger partial charge in [-0.3, -0.25) is 9.59 Å². The Morgan fingerprint density at radius 3 is 2.26 bits per heavy atom. The highest BCUT2D eigenvalue weighted by molar-refractivity contribution is 6.35. The summed E-state index contributed by atoms with van der Waals surface area (Å²) in [5.41, 5.74) is 0.662. The summed E-state index contributed by atoms with van der Waals surface area (Å²) in [5.74, 6) is -1.23. The number of halogens is 3. The fraction of sp³-hybridized carbons (Fsp3) is 0.455. The summed E-state index contributed by atoms with van der Waals surface area (Å²) in [6, 6.07) is 1.67. The Balaban J connectivity index is 2.43. The zero-order valence-corrected chi connectivity index (χ0v) is 10.4. The molecule has 0 bridgehead atoms. The molecule has 5 nitrogen and oxygen atoms in total. The van der Waals surface area contributed by atoms with E-state index in [1.54, 1.807) is 19.9 Å². The Bertz CT molecular complexity index is 480. The average molecular weight is 278 g/mol. The molecule has 2 N–H and O–H groups in total. The molecule has 0 fully saturated rings. The van der Waals surface area contributed by atoms with E-state index in [-0.39, 0.29) is 6.54 Å². The molecule has 0 saturated carbocycles. The predicted molar refractivity (Wildman–Crippen MR) is 59.1 cm³/mol. The third kappa shape index (κ3) is 5.02. The van der Waals surface area contributed by atoms with Crippen molar-refractivity contribution in [1.82, 2.24) is 10.6 Å². The third-order valence-corrected chi connectivity index (χ3v) is 2.24. The Kier molecular flexibility index (Phi) is 4.57. The minimum Gasteiger partial charge on any atom is -0.466 e. The van der Waals surface area contributed by atoms with Gasteiger partial charge in [-0.1, -0.05) is 0 Å². The van der Waals surface area contributed by atoms with Crippen LogP contribution in [0, 0.1) is 13.8 Å². The zero-order valence-electron chi connectivity index (χ0n) is 10.4. The van der Waals surface area contributed by atoms with Crippen LogP contribution >= 0.6 is 0 Å². The van der Waals surface area contributed by atoms with E-state index >= 15 is 0 Å². The highest BCUT2D eigenvalue weighted by Gasteiger charge is 2.29. The molecule has 0 radical (unpaired) electrons. The topological polar surface area (TPSA) is 71.3 Å². The summed E-state index contributed by atoms with van der Waals surface area (Å²) in [6.45, 7) is 1.87. The van der Waals surface area contributed by atoms with Gasteiger partial charge >= 0.3 is 18.0 Å². The SMILES string of the molecule is Cc1cc(CNC(=O)C(=O)NCC(F)(F)F)c(C)o1. The lowest BCUT2D eigenvalue weighted by molar-refractivity contribution is -0.146. The number of hydrogen-bond acceptors (Lipinski definition) is 3. The minimum absolute atomic E-state index is 0.0153. The van der Waals surface area contributed by atoms with Gasteiger partial charge < -0.3 is 15.1 Å². The van der Waals surface area contributed by atoms with Gasteiger partial charge in [-0.15, -0.1) is 0 Å². The lowest BCUT2D eigenvalue weighted by atomic mass is 10.2. The van der Waals surface area contributed by atoms with Crippen molar-refractivity contribution >= 4 is 11.8 Å². The highest BCUT2D eigenvalue weighted by atomic mass is 19.4. The maximum atomic E-state index is 11.8. The Labute approximate surface area is 107 Å². The second kappa shape index (κ2) is 5.77. The van der Waals surface area contributed by atoms with E-state index in [0.717, 1.165) is 0 Å². The number of hydrogen-bond donors (Lipinski definition) is 2. The van der Waals surface area contributed by atoms with Gasteiger partial charge in [-0.25, -0.2) is 0 Å². The summed E-state index contributed by atoms with van der Waals surface area (Å²) in [6.07, 6.45) is -4.55. The molecule has 1 aromatic rings. The van der Waals surface area contributed by atoms with Crippen LogP contribution in [-0.2, 0) is 16.1 Å². The number of nitrogens with one attached hydrogen (secondary N) is 2. The first-order chi connectivity index (χ1) is 8.69. The van der Waals surface area contributed by atoms with Crippen LogP contribution in [0.1, 0.15) is 17.1 Å². The van der Waals surface area contributed by atoms with Gasteiger partial charge in [-0.05, 0) is 19.9 Å². The molecule has 0 spiro atoms. The van der Waals surface area contributed by atoms with Crippen molar-refractivity contribution in [3.63, 3.8) is 0 Å². The molecular formula is C11H13F3N2O3.